The summed E-state index contributed by atoms with van der Waals surface area (Å²) in [6.45, 7) is 1.86. The van der Waals surface area contributed by atoms with Crippen LogP contribution < -0.4 is 0 Å². The fourth-order valence-electron chi connectivity index (χ4n) is 1.04. The van der Waals surface area contributed by atoms with Crippen LogP contribution in [0.15, 0.2) is 33.4 Å². The zero-order valence-corrected chi connectivity index (χ0v) is 8.58. The number of hydrogen-bond donors (Lipinski definition) is 0. The molecule has 3 nitrogen and oxygen atoms in total. The summed E-state index contributed by atoms with van der Waals surface area (Å²) in [6, 6.07) is 7.53. The number of halogens is 1. The Labute approximate surface area is 83.9 Å². The van der Waals surface area contributed by atoms with E-state index in [4.69, 9.17) is 4.52 Å². The van der Waals surface area contributed by atoms with E-state index in [2.05, 4.69) is 26.1 Å². The Morgan fingerprint density at radius 2 is 2.15 bits per heavy atom. The first-order valence-electron chi connectivity index (χ1n) is 3.82. The van der Waals surface area contributed by atoms with Crippen molar-refractivity contribution in [2.75, 3.05) is 0 Å². The average molecular weight is 239 g/mol. The normalized spacial score (nSPS) is 10.3. The minimum absolute atomic E-state index is 0.763. The largest absolute Gasteiger partial charge is 0.361 e. The van der Waals surface area contributed by atoms with Crippen LogP contribution in [0.2, 0.25) is 0 Å². The van der Waals surface area contributed by atoms with Gasteiger partial charge in [-0.15, -0.1) is 0 Å². The summed E-state index contributed by atoms with van der Waals surface area (Å²) >= 11 is 3.30. The quantitative estimate of drug-likeness (QED) is 0.718. The Balaban J connectivity index is 2.46. The number of pyridine rings is 1. The Morgan fingerprint density at radius 1 is 1.31 bits per heavy atom. The molecule has 0 saturated carbocycles. The number of rotatable bonds is 1. The van der Waals surface area contributed by atoms with Crippen LogP contribution >= 0.6 is 15.9 Å². The standard InChI is InChI=1S/C9H7BrN2O/c1-6-5-8(12-13-6)7-3-2-4-9(10)11-7/h2-5H,1H3. The highest BCUT2D eigenvalue weighted by Gasteiger charge is 2.04. The molecule has 0 atom stereocenters. The van der Waals surface area contributed by atoms with E-state index in [0.717, 1.165) is 21.8 Å². The van der Waals surface area contributed by atoms with Crippen LogP contribution in [0.4, 0.5) is 0 Å². The van der Waals surface area contributed by atoms with E-state index < -0.39 is 0 Å². The van der Waals surface area contributed by atoms with Gasteiger partial charge in [-0.2, -0.15) is 0 Å². The Kier molecular flexibility index (Phi) is 2.14. The second kappa shape index (κ2) is 3.30. The Hall–Kier alpha value is -1.16. The van der Waals surface area contributed by atoms with Gasteiger partial charge in [0.1, 0.15) is 16.1 Å². The molecule has 0 aliphatic rings. The van der Waals surface area contributed by atoms with Gasteiger partial charge in [0.25, 0.3) is 0 Å². The third kappa shape index (κ3) is 1.78. The molecule has 2 heterocycles. The smallest absolute Gasteiger partial charge is 0.134 e. The molecule has 0 spiro atoms. The molecule has 0 amide bonds. The summed E-state index contributed by atoms with van der Waals surface area (Å²) in [4.78, 5) is 4.25. The third-order valence-corrected chi connectivity index (χ3v) is 2.05. The van der Waals surface area contributed by atoms with Crippen molar-refractivity contribution in [2.24, 2.45) is 0 Å². The van der Waals surface area contributed by atoms with Gasteiger partial charge < -0.3 is 4.52 Å². The molecular formula is C9H7BrN2O. The summed E-state index contributed by atoms with van der Waals surface area (Å²) < 4.78 is 5.75. The number of aryl methyl sites for hydroxylation is 1. The molecule has 4 heteroatoms. The van der Waals surface area contributed by atoms with Crippen molar-refractivity contribution < 1.29 is 4.52 Å². The highest BCUT2D eigenvalue weighted by molar-refractivity contribution is 9.10. The molecule has 0 aliphatic carbocycles. The van der Waals surface area contributed by atoms with E-state index in [9.17, 15) is 0 Å². The minimum atomic E-state index is 0.763. The maximum atomic E-state index is 4.95. The predicted octanol–water partition coefficient (Wildman–Crippen LogP) is 2.81. The van der Waals surface area contributed by atoms with Crippen molar-refractivity contribution >= 4 is 15.9 Å². The summed E-state index contributed by atoms with van der Waals surface area (Å²) in [7, 11) is 0. The van der Waals surface area contributed by atoms with Gasteiger partial charge in [-0.05, 0) is 35.0 Å². The maximum absolute atomic E-state index is 4.95. The van der Waals surface area contributed by atoms with Gasteiger partial charge in [0, 0.05) is 6.07 Å². The van der Waals surface area contributed by atoms with Gasteiger partial charge >= 0.3 is 0 Å². The fraction of sp³-hybridized carbons (Fsp3) is 0.111. The lowest BCUT2D eigenvalue weighted by atomic mass is 10.2. The topological polar surface area (TPSA) is 38.9 Å². The second-order valence-corrected chi connectivity index (χ2v) is 3.48. The first kappa shape index (κ1) is 8.44. The van der Waals surface area contributed by atoms with Crippen LogP contribution in [0.25, 0.3) is 11.4 Å². The van der Waals surface area contributed by atoms with Gasteiger partial charge in [0.05, 0.1) is 5.69 Å². The molecular weight excluding hydrogens is 232 g/mol. The van der Waals surface area contributed by atoms with Crippen LogP contribution in [0, 0.1) is 6.92 Å². The third-order valence-electron chi connectivity index (χ3n) is 1.61. The average Bonchev–Trinajstić information content (AvgIpc) is 2.52. The van der Waals surface area contributed by atoms with Crippen LogP contribution in [0.5, 0.6) is 0 Å². The van der Waals surface area contributed by atoms with Gasteiger partial charge in [-0.1, -0.05) is 11.2 Å². The summed E-state index contributed by atoms with van der Waals surface area (Å²) in [6.07, 6.45) is 0. The molecule has 66 valence electrons. The molecule has 2 rings (SSSR count). The number of aromatic nitrogens is 2. The van der Waals surface area contributed by atoms with Crippen LogP contribution in [0.1, 0.15) is 5.76 Å². The Morgan fingerprint density at radius 3 is 2.77 bits per heavy atom. The fourth-order valence-corrected chi connectivity index (χ4v) is 1.38. The predicted molar refractivity (Wildman–Crippen MR) is 52.2 cm³/mol. The molecule has 0 radical (unpaired) electrons. The summed E-state index contributed by atoms with van der Waals surface area (Å²) in [5, 5.41) is 3.87. The van der Waals surface area contributed by atoms with E-state index in [0.29, 0.717) is 0 Å². The lowest BCUT2D eigenvalue weighted by Gasteiger charge is -1.93. The molecule has 0 unspecified atom stereocenters. The van der Waals surface area contributed by atoms with E-state index in [-0.39, 0.29) is 0 Å². The van der Waals surface area contributed by atoms with Crippen molar-refractivity contribution in [3.63, 3.8) is 0 Å². The van der Waals surface area contributed by atoms with Crippen molar-refractivity contribution in [3.05, 3.63) is 34.6 Å². The molecule has 2 aromatic rings. The summed E-state index contributed by atoms with van der Waals surface area (Å²) in [5.41, 5.74) is 1.57. The second-order valence-electron chi connectivity index (χ2n) is 2.67. The van der Waals surface area contributed by atoms with Crippen LogP contribution in [-0.4, -0.2) is 10.1 Å². The van der Waals surface area contributed by atoms with Crippen molar-refractivity contribution in [1.82, 2.24) is 10.1 Å². The molecule has 0 fully saturated rings. The molecule has 0 aliphatic heterocycles. The van der Waals surface area contributed by atoms with Gasteiger partial charge in [-0.3, -0.25) is 0 Å². The van der Waals surface area contributed by atoms with Crippen molar-refractivity contribution in [3.8, 4) is 11.4 Å². The number of hydrogen-bond acceptors (Lipinski definition) is 3. The molecule has 0 N–H and O–H groups in total. The SMILES string of the molecule is Cc1cc(-c2cccc(Br)n2)no1. The molecule has 0 aromatic carbocycles. The zero-order valence-electron chi connectivity index (χ0n) is 6.99. The van der Waals surface area contributed by atoms with Gasteiger partial charge in [-0.25, -0.2) is 4.98 Å². The highest BCUT2D eigenvalue weighted by Crippen LogP contribution is 2.18. The molecule has 0 saturated heterocycles. The summed E-state index contributed by atoms with van der Waals surface area (Å²) in [5.74, 6) is 0.789. The molecule has 13 heavy (non-hydrogen) atoms. The van der Waals surface area contributed by atoms with E-state index >= 15 is 0 Å². The number of nitrogens with zero attached hydrogens (tertiary/aromatic N) is 2. The van der Waals surface area contributed by atoms with Crippen molar-refractivity contribution in [2.45, 2.75) is 6.92 Å². The van der Waals surface area contributed by atoms with E-state index in [1.807, 2.05) is 31.2 Å². The van der Waals surface area contributed by atoms with Gasteiger partial charge in [0.15, 0.2) is 0 Å². The molecule has 0 bridgehead atoms. The first-order valence-corrected chi connectivity index (χ1v) is 4.61. The lowest BCUT2D eigenvalue weighted by molar-refractivity contribution is 0.399. The van der Waals surface area contributed by atoms with Crippen molar-refractivity contribution in [1.29, 1.82) is 0 Å². The lowest BCUT2D eigenvalue weighted by Crippen LogP contribution is -1.82. The van der Waals surface area contributed by atoms with Gasteiger partial charge in [0.2, 0.25) is 0 Å². The van der Waals surface area contributed by atoms with Crippen LogP contribution in [-0.2, 0) is 0 Å². The zero-order chi connectivity index (χ0) is 9.26. The highest BCUT2D eigenvalue weighted by atomic mass is 79.9. The maximum Gasteiger partial charge on any atom is 0.134 e. The van der Waals surface area contributed by atoms with E-state index in [1.165, 1.54) is 0 Å². The van der Waals surface area contributed by atoms with Crippen LogP contribution in [0.3, 0.4) is 0 Å². The monoisotopic (exact) mass is 238 g/mol. The Bertz CT molecular complexity index is 425. The molecule has 2 aromatic heterocycles. The minimum Gasteiger partial charge on any atom is -0.361 e. The van der Waals surface area contributed by atoms with E-state index in [1.54, 1.807) is 0 Å². The first-order chi connectivity index (χ1) is 6.25.